The minimum atomic E-state index is 0.418. The van der Waals surface area contributed by atoms with Gasteiger partial charge in [-0.15, -0.1) is 0 Å². The molecular weight excluding hydrogens is 212 g/mol. The predicted octanol–water partition coefficient (Wildman–Crippen LogP) is 1.80. The molecule has 0 bridgehead atoms. The largest absolute Gasteiger partial charge is 0.377 e. The minimum absolute atomic E-state index is 0.418. The van der Waals surface area contributed by atoms with Gasteiger partial charge in [-0.25, -0.2) is 0 Å². The fourth-order valence-corrected chi connectivity index (χ4v) is 2.31. The third-order valence-corrected chi connectivity index (χ3v) is 3.55. The normalized spacial score (nSPS) is 26.8. The van der Waals surface area contributed by atoms with Gasteiger partial charge in [-0.05, 0) is 31.3 Å². The highest BCUT2D eigenvalue weighted by Crippen LogP contribution is 2.18. The van der Waals surface area contributed by atoms with Crippen LogP contribution in [0.2, 0.25) is 0 Å². The molecule has 1 saturated carbocycles. The van der Waals surface area contributed by atoms with Gasteiger partial charge in [0.1, 0.15) is 0 Å². The Morgan fingerprint density at radius 1 is 1.47 bits per heavy atom. The first-order chi connectivity index (χ1) is 8.28. The van der Waals surface area contributed by atoms with E-state index in [4.69, 9.17) is 4.74 Å². The van der Waals surface area contributed by atoms with Gasteiger partial charge in [0, 0.05) is 38.8 Å². The molecule has 1 saturated heterocycles. The SMILES string of the molecule is C=C(CNC1CC1)CN1CCCOC(CC)C1. The van der Waals surface area contributed by atoms with Crippen molar-refractivity contribution in [2.24, 2.45) is 0 Å². The van der Waals surface area contributed by atoms with Crippen molar-refractivity contribution < 1.29 is 4.74 Å². The van der Waals surface area contributed by atoms with Gasteiger partial charge < -0.3 is 10.1 Å². The number of hydrogen-bond acceptors (Lipinski definition) is 3. The van der Waals surface area contributed by atoms with E-state index in [2.05, 4.69) is 23.7 Å². The van der Waals surface area contributed by atoms with E-state index in [0.717, 1.165) is 51.7 Å². The summed E-state index contributed by atoms with van der Waals surface area (Å²) in [5, 5.41) is 3.53. The standard InChI is InChI=1S/C14H26N2O/c1-3-14-11-16(7-4-8-17-14)10-12(2)9-15-13-5-6-13/h13-15H,2-11H2,1H3. The highest BCUT2D eigenvalue weighted by Gasteiger charge is 2.21. The van der Waals surface area contributed by atoms with Crippen LogP contribution in [-0.4, -0.2) is 49.8 Å². The lowest BCUT2D eigenvalue weighted by Crippen LogP contribution is -2.34. The molecule has 2 rings (SSSR count). The van der Waals surface area contributed by atoms with Gasteiger partial charge >= 0.3 is 0 Å². The van der Waals surface area contributed by atoms with Crippen LogP contribution in [0.15, 0.2) is 12.2 Å². The monoisotopic (exact) mass is 238 g/mol. The van der Waals surface area contributed by atoms with Crippen LogP contribution in [0.25, 0.3) is 0 Å². The highest BCUT2D eigenvalue weighted by atomic mass is 16.5. The zero-order valence-electron chi connectivity index (χ0n) is 11.1. The molecule has 1 heterocycles. The summed E-state index contributed by atoms with van der Waals surface area (Å²) in [7, 11) is 0. The Bertz CT molecular complexity index is 251. The topological polar surface area (TPSA) is 24.5 Å². The Balaban J connectivity index is 1.69. The number of nitrogens with one attached hydrogen (secondary N) is 1. The van der Waals surface area contributed by atoms with Crippen molar-refractivity contribution in [1.82, 2.24) is 10.2 Å². The molecule has 1 aliphatic carbocycles. The molecule has 1 N–H and O–H groups in total. The molecule has 1 atom stereocenters. The second-order valence-corrected chi connectivity index (χ2v) is 5.39. The van der Waals surface area contributed by atoms with E-state index in [1.54, 1.807) is 0 Å². The van der Waals surface area contributed by atoms with Gasteiger partial charge in [0.05, 0.1) is 6.10 Å². The summed E-state index contributed by atoms with van der Waals surface area (Å²) in [5.74, 6) is 0. The quantitative estimate of drug-likeness (QED) is 0.714. The van der Waals surface area contributed by atoms with Crippen LogP contribution >= 0.6 is 0 Å². The average Bonchev–Trinajstić information content (AvgIpc) is 3.14. The Morgan fingerprint density at radius 3 is 3.00 bits per heavy atom. The van der Waals surface area contributed by atoms with Crippen LogP contribution in [-0.2, 0) is 4.74 Å². The van der Waals surface area contributed by atoms with Crippen LogP contribution in [0.3, 0.4) is 0 Å². The van der Waals surface area contributed by atoms with Crippen LogP contribution < -0.4 is 5.32 Å². The van der Waals surface area contributed by atoms with E-state index in [1.807, 2.05) is 0 Å². The number of rotatable bonds is 6. The highest BCUT2D eigenvalue weighted by molar-refractivity contribution is 5.02. The van der Waals surface area contributed by atoms with Gasteiger partial charge in [-0.2, -0.15) is 0 Å². The van der Waals surface area contributed by atoms with Gasteiger partial charge in [0.25, 0.3) is 0 Å². The molecule has 0 radical (unpaired) electrons. The Hall–Kier alpha value is -0.380. The third kappa shape index (κ3) is 4.78. The van der Waals surface area contributed by atoms with Crippen molar-refractivity contribution >= 4 is 0 Å². The van der Waals surface area contributed by atoms with E-state index >= 15 is 0 Å². The summed E-state index contributed by atoms with van der Waals surface area (Å²) in [6, 6.07) is 0.780. The van der Waals surface area contributed by atoms with Crippen molar-refractivity contribution in [3.8, 4) is 0 Å². The molecule has 2 fully saturated rings. The molecule has 0 aromatic heterocycles. The Labute approximate surface area is 105 Å². The van der Waals surface area contributed by atoms with Crippen molar-refractivity contribution in [3.63, 3.8) is 0 Å². The van der Waals surface area contributed by atoms with Crippen LogP contribution in [0.1, 0.15) is 32.6 Å². The van der Waals surface area contributed by atoms with Gasteiger partial charge in [0.15, 0.2) is 0 Å². The molecule has 0 amide bonds. The summed E-state index contributed by atoms with van der Waals surface area (Å²) < 4.78 is 5.79. The first-order valence-corrected chi connectivity index (χ1v) is 7.02. The third-order valence-electron chi connectivity index (χ3n) is 3.55. The fraction of sp³-hybridized carbons (Fsp3) is 0.857. The maximum Gasteiger partial charge on any atom is 0.0699 e. The van der Waals surface area contributed by atoms with E-state index < -0.39 is 0 Å². The number of nitrogens with zero attached hydrogens (tertiary/aromatic N) is 1. The van der Waals surface area contributed by atoms with Gasteiger partial charge in [-0.1, -0.05) is 13.5 Å². The van der Waals surface area contributed by atoms with Gasteiger partial charge in [0.2, 0.25) is 0 Å². The maximum absolute atomic E-state index is 5.79. The number of hydrogen-bond donors (Lipinski definition) is 1. The summed E-state index contributed by atoms with van der Waals surface area (Å²) in [5.41, 5.74) is 1.31. The first-order valence-electron chi connectivity index (χ1n) is 7.02. The molecule has 1 unspecified atom stereocenters. The summed E-state index contributed by atoms with van der Waals surface area (Å²) in [4.78, 5) is 2.50. The van der Waals surface area contributed by atoms with E-state index in [0.29, 0.717) is 6.10 Å². The lowest BCUT2D eigenvalue weighted by atomic mass is 10.2. The van der Waals surface area contributed by atoms with Gasteiger partial charge in [-0.3, -0.25) is 4.90 Å². The summed E-state index contributed by atoms with van der Waals surface area (Å²) >= 11 is 0. The zero-order chi connectivity index (χ0) is 12.1. The summed E-state index contributed by atoms with van der Waals surface area (Å²) in [6.07, 6.45) is 5.39. The second-order valence-electron chi connectivity index (χ2n) is 5.39. The van der Waals surface area contributed by atoms with E-state index in [1.165, 1.54) is 18.4 Å². The lowest BCUT2D eigenvalue weighted by Gasteiger charge is -2.24. The lowest BCUT2D eigenvalue weighted by molar-refractivity contribution is 0.0530. The predicted molar refractivity (Wildman–Crippen MR) is 71.3 cm³/mol. The van der Waals surface area contributed by atoms with Crippen molar-refractivity contribution in [3.05, 3.63) is 12.2 Å². The molecule has 98 valence electrons. The second kappa shape index (κ2) is 6.53. The minimum Gasteiger partial charge on any atom is -0.377 e. The molecule has 17 heavy (non-hydrogen) atoms. The van der Waals surface area contributed by atoms with Crippen molar-refractivity contribution in [1.29, 1.82) is 0 Å². The fourth-order valence-electron chi connectivity index (χ4n) is 2.31. The molecular formula is C14H26N2O. The molecule has 1 aliphatic heterocycles. The maximum atomic E-state index is 5.79. The van der Waals surface area contributed by atoms with Crippen molar-refractivity contribution in [2.45, 2.75) is 44.8 Å². The smallest absolute Gasteiger partial charge is 0.0699 e. The average molecular weight is 238 g/mol. The molecule has 0 spiro atoms. The van der Waals surface area contributed by atoms with Crippen molar-refractivity contribution in [2.75, 3.05) is 32.8 Å². The zero-order valence-corrected chi connectivity index (χ0v) is 11.1. The molecule has 0 aromatic rings. The molecule has 3 heteroatoms. The summed E-state index contributed by atoms with van der Waals surface area (Å²) in [6.45, 7) is 11.5. The molecule has 3 nitrogen and oxygen atoms in total. The van der Waals surface area contributed by atoms with Crippen LogP contribution in [0.4, 0.5) is 0 Å². The Kier molecular flexibility index (Phi) is 5.01. The van der Waals surface area contributed by atoms with Crippen LogP contribution in [0, 0.1) is 0 Å². The van der Waals surface area contributed by atoms with Crippen LogP contribution in [0.5, 0.6) is 0 Å². The molecule has 2 aliphatic rings. The first kappa shape index (κ1) is 13.1. The Morgan fingerprint density at radius 2 is 2.29 bits per heavy atom. The number of ether oxygens (including phenoxy) is 1. The molecule has 0 aromatic carbocycles. The van der Waals surface area contributed by atoms with E-state index in [-0.39, 0.29) is 0 Å². The van der Waals surface area contributed by atoms with E-state index in [9.17, 15) is 0 Å².